The largest absolute Gasteiger partial charge is 0.393 e. The first-order chi connectivity index (χ1) is 15.5. The van der Waals surface area contributed by atoms with Crippen molar-refractivity contribution in [2.45, 2.75) is 115 Å². The summed E-state index contributed by atoms with van der Waals surface area (Å²) in [7, 11) is 0. The summed E-state index contributed by atoms with van der Waals surface area (Å²) in [5.41, 5.74) is -3.04. The number of hydrogen-bond acceptors (Lipinski definition) is 7. The van der Waals surface area contributed by atoms with Crippen LogP contribution in [-0.4, -0.2) is 72.0 Å². The van der Waals surface area contributed by atoms with E-state index in [1.807, 2.05) is 20.8 Å². The van der Waals surface area contributed by atoms with Crippen LogP contribution in [0.2, 0.25) is 0 Å². The van der Waals surface area contributed by atoms with Gasteiger partial charge < -0.3 is 30.6 Å². The van der Waals surface area contributed by atoms with Crippen molar-refractivity contribution in [1.82, 2.24) is 0 Å². The lowest BCUT2D eigenvalue weighted by Crippen LogP contribution is -2.64. The van der Waals surface area contributed by atoms with Crippen LogP contribution in [0.1, 0.15) is 79.6 Å². The van der Waals surface area contributed by atoms with Crippen LogP contribution in [0, 0.1) is 34.5 Å². The molecule has 4 aliphatic carbocycles. The average molecular weight is 481 g/mol. The molecule has 6 N–H and O–H groups in total. The van der Waals surface area contributed by atoms with E-state index in [0.29, 0.717) is 37.7 Å². The Hall–Kier alpha value is -0.830. The summed E-state index contributed by atoms with van der Waals surface area (Å²) in [6.45, 7) is 9.31. The lowest BCUT2D eigenvalue weighted by molar-refractivity contribution is -0.176. The van der Waals surface area contributed by atoms with Crippen molar-refractivity contribution in [2.24, 2.45) is 34.5 Å². The first-order valence-corrected chi connectivity index (χ1v) is 13.0. The van der Waals surface area contributed by atoms with E-state index in [0.717, 1.165) is 0 Å². The van der Waals surface area contributed by atoms with Crippen LogP contribution in [0.15, 0.2) is 11.6 Å². The smallest absolute Gasteiger partial charge is 0.159 e. The number of ketones is 1. The Balaban J connectivity index is 1.67. The minimum Gasteiger partial charge on any atom is -0.393 e. The highest BCUT2D eigenvalue weighted by Gasteiger charge is 2.69. The minimum absolute atomic E-state index is 0.0646. The molecule has 4 aliphatic rings. The third-order valence-corrected chi connectivity index (χ3v) is 10.4. The van der Waals surface area contributed by atoms with Gasteiger partial charge in [-0.25, -0.2) is 0 Å². The Bertz CT molecular complexity index is 848. The van der Waals surface area contributed by atoms with Crippen LogP contribution >= 0.6 is 0 Å². The molecule has 34 heavy (non-hydrogen) atoms. The standard InChI is InChI=1S/C27H44O7/c1-14(18(28)7-8-24(2,3)33)15-6-9-27(34)17-11-19(29)16-10-20(30)21(31)12-25(16,4)23(17)22(32)13-26(15,27)5/h11,14-16,18,20-23,28,30-34H,6-10,12-13H2,1-5H3/t14?,15-,16+,18-,20-,21+,22?,23?,25+,26-,27-/m1/s1. The summed E-state index contributed by atoms with van der Waals surface area (Å²) in [6, 6.07) is 0. The number of allylic oxidation sites excluding steroid dienone is 1. The number of carbonyl (C=O) groups excluding carboxylic acids is 1. The molecule has 4 rings (SSSR count). The molecule has 3 unspecified atom stereocenters. The molecule has 0 bridgehead atoms. The zero-order valence-electron chi connectivity index (χ0n) is 21.2. The molecule has 0 aliphatic heterocycles. The van der Waals surface area contributed by atoms with Crippen molar-refractivity contribution < 1.29 is 35.4 Å². The molecule has 0 heterocycles. The highest BCUT2D eigenvalue weighted by molar-refractivity contribution is 5.95. The molecule has 0 aromatic carbocycles. The molecule has 7 heteroatoms. The van der Waals surface area contributed by atoms with Crippen molar-refractivity contribution in [3.8, 4) is 0 Å². The van der Waals surface area contributed by atoms with Crippen molar-refractivity contribution >= 4 is 5.78 Å². The van der Waals surface area contributed by atoms with Gasteiger partial charge in [0.1, 0.15) is 0 Å². The van der Waals surface area contributed by atoms with Gasteiger partial charge in [-0.2, -0.15) is 0 Å². The van der Waals surface area contributed by atoms with Gasteiger partial charge in [0.25, 0.3) is 0 Å². The third kappa shape index (κ3) is 3.82. The monoisotopic (exact) mass is 480 g/mol. The average Bonchev–Trinajstić information content (AvgIpc) is 2.98. The van der Waals surface area contributed by atoms with Crippen molar-refractivity contribution in [3.05, 3.63) is 11.6 Å². The van der Waals surface area contributed by atoms with Crippen LogP contribution in [0.5, 0.6) is 0 Å². The highest BCUT2D eigenvalue weighted by atomic mass is 16.3. The van der Waals surface area contributed by atoms with Gasteiger partial charge in [-0.05, 0) is 87.7 Å². The fraction of sp³-hybridized carbons (Fsp3) is 0.889. The van der Waals surface area contributed by atoms with E-state index in [1.54, 1.807) is 13.8 Å². The van der Waals surface area contributed by atoms with Gasteiger partial charge in [-0.1, -0.05) is 20.8 Å². The molecule has 0 amide bonds. The lowest BCUT2D eigenvalue weighted by atomic mass is 9.45. The second-order valence-corrected chi connectivity index (χ2v) is 13.1. The normalized spacial score (nSPS) is 48.4. The summed E-state index contributed by atoms with van der Waals surface area (Å²) in [4.78, 5) is 13.3. The number of carbonyl (C=O) groups is 1. The molecule has 194 valence electrons. The molecule has 7 nitrogen and oxygen atoms in total. The maximum atomic E-state index is 13.3. The quantitative estimate of drug-likeness (QED) is 0.352. The third-order valence-electron chi connectivity index (χ3n) is 10.4. The highest BCUT2D eigenvalue weighted by Crippen LogP contribution is 2.68. The van der Waals surface area contributed by atoms with Crippen LogP contribution < -0.4 is 0 Å². The van der Waals surface area contributed by atoms with Gasteiger partial charge in [0.2, 0.25) is 0 Å². The van der Waals surface area contributed by atoms with E-state index >= 15 is 0 Å². The Morgan fingerprint density at radius 1 is 1.12 bits per heavy atom. The predicted octanol–water partition coefficient (Wildman–Crippen LogP) is 1.71. The van der Waals surface area contributed by atoms with Gasteiger partial charge in [-0.15, -0.1) is 0 Å². The second kappa shape index (κ2) is 8.35. The first-order valence-electron chi connectivity index (χ1n) is 13.0. The molecule has 3 fully saturated rings. The Morgan fingerprint density at radius 3 is 2.38 bits per heavy atom. The van der Waals surface area contributed by atoms with Gasteiger partial charge in [0, 0.05) is 17.3 Å². The van der Waals surface area contributed by atoms with Gasteiger partial charge in [0.15, 0.2) is 5.78 Å². The van der Waals surface area contributed by atoms with Gasteiger partial charge in [-0.3, -0.25) is 4.79 Å². The number of fused-ring (bicyclic) bond motifs is 5. The number of aliphatic hydroxyl groups excluding tert-OH is 4. The van der Waals surface area contributed by atoms with Crippen molar-refractivity contribution in [1.29, 1.82) is 0 Å². The fourth-order valence-corrected chi connectivity index (χ4v) is 8.40. The Labute approximate surface area is 202 Å². The van der Waals surface area contributed by atoms with E-state index in [-0.39, 0.29) is 30.5 Å². The van der Waals surface area contributed by atoms with E-state index < -0.39 is 58.3 Å². The molecule has 0 aromatic heterocycles. The molecule has 0 saturated heterocycles. The summed E-state index contributed by atoms with van der Waals surface area (Å²) in [6.07, 6.45) is 0.869. The first kappa shape index (κ1) is 26.2. The fourth-order valence-electron chi connectivity index (χ4n) is 8.40. The summed E-state index contributed by atoms with van der Waals surface area (Å²) < 4.78 is 0. The summed E-state index contributed by atoms with van der Waals surface area (Å²) in [5.74, 6) is -1.33. The van der Waals surface area contributed by atoms with Crippen LogP contribution in [0.3, 0.4) is 0 Å². The predicted molar refractivity (Wildman–Crippen MR) is 127 cm³/mol. The van der Waals surface area contributed by atoms with E-state index in [2.05, 4.69) is 0 Å². The summed E-state index contributed by atoms with van der Waals surface area (Å²) in [5, 5.41) is 65.4. The maximum absolute atomic E-state index is 13.3. The van der Waals surface area contributed by atoms with Crippen LogP contribution in [0.4, 0.5) is 0 Å². The summed E-state index contributed by atoms with van der Waals surface area (Å²) >= 11 is 0. The Kier molecular flexibility index (Phi) is 6.45. The molecule has 0 aromatic rings. The van der Waals surface area contributed by atoms with E-state index in [1.165, 1.54) is 6.08 Å². The maximum Gasteiger partial charge on any atom is 0.159 e. The molecular weight excluding hydrogens is 436 g/mol. The molecule has 11 atom stereocenters. The molecule has 0 radical (unpaired) electrons. The van der Waals surface area contributed by atoms with Crippen LogP contribution in [0.25, 0.3) is 0 Å². The van der Waals surface area contributed by atoms with Crippen LogP contribution in [-0.2, 0) is 4.79 Å². The zero-order valence-corrected chi connectivity index (χ0v) is 21.2. The molecule has 3 saturated carbocycles. The van der Waals surface area contributed by atoms with E-state index in [9.17, 15) is 35.4 Å². The van der Waals surface area contributed by atoms with Crippen molar-refractivity contribution in [2.75, 3.05) is 0 Å². The van der Waals surface area contributed by atoms with E-state index in [4.69, 9.17) is 0 Å². The lowest BCUT2D eigenvalue weighted by Gasteiger charge is -2.61. The number of aliphatic hydroxyl groups is 6. The molecular formula is C27H44O7. The molecule has 0 spiro atoms. The van der Waals surface area contributed by atoms with Crippen molar-refractivity contribution in [3.63, 3.8) is 0 Å². The Morgan fingerprint density at radius 2 is 1.76 bits per heavy atom. The topological polar surface area (TPSA) is 138 Å². The zero-order chi connectivity index (χ0) is 25.4. The second-order valence-electron chi connectivity index (χ2n) is 13.1. The number of rotatable bonds is 5. The SMILES string of the molecule is CC([C@H](O)CCC(C)(C)O)[C@H]1CC[C@@]2(O)C3=CC(=O)[C@@H]4C[C@@H](O)[C@@H](O)C[C@]4(C)C3C(O)C[C@]12C. The minimum atomic E-state index is -1.28. The van der Waals surface area contributed by atoms with Gasteiger partial charge in [0.05, 0.1) is 35.6 Å². The number of hydrogen-bond donors (Lipinski definition) is 6. The van der Waals surface area contributed by atoms with Gasteiger partial charge >= 0.3 is 0 Å².